The first-order valence-electron chi connectivity index (χ1n) is 8.38. The minimum atomic E-state index is 0.0708. The van der Waals surface area contributed by atoms with E-state index in [1.54, 1.807) is 4.90 Å². The monoisotopic (exact) mass is 327 g/mol. The van der Waals surface area contributed by atoms with E-state index in [0.717, 1.165) is 29.8 Å². The van der Waals surface area contributed by atoms with Gasteiger partial charge in [0.1, 0.15) is 0 Å². The molecule has 4 rings (SSSR count). The lowest BCUT2D eigenvalue weighted by Gasteiger charge is -2.18. The third kappa shape index (κ3) is 2.84. The Bertz CT molecular complexity index is 769. The summed E-state index contributed by atoms with van der Waals surface area (Å²) in [5.41, 5.74) is 4.49. The smallest absolute Gasteiger partial charge is 0.231 e. The van der Waals surface area contributed by atoms with E-state index in [9.17, 15) is 4.79 Å². The zero-order chi connectivity index (χ0) is 16.5. The van der Waals surface area contributed by atoms with Crippen molar-refractivity contribution in [1.82, 2.24) is 15.1 Å². The van der Waals surface area contributed by atoms with Gasteiger partial charge in [0, 0.05) is 12.7 Å². The van der Waals surface area contributed by atoms with Gasteiger partial charge in [0.25, 0.3) is 0 Å². The topological polar surface area (TPSA) is 67.5 Å². The standard InChI is InChI=1S/C18H21N3O3/c1-21(10-15-13-4-2-3-5-14(13)19-20-15)18(22)9-12-6-7-16-17(8-12)24-11-23-16/h6-8H,2-5,9-11H2,1H3,(H,19,20). The van der Waals surface area contributed by atoms with Crippen LogP contribution in [0.4, 0.5) is 0 Å². The number of hydrogen-bond acceptors (Lipinski definition) is 4. The third-order valence-corrected chi connectivity index (χ3v) is 4.75. The lowest BCUT2D eigenvalue weighted by Crippen LogP contribution is -2.28. The Labute approximate surface area is 140 Å². The van der Waals surface area contributed by atoms with Crippen LogP contribution in [0.3, 0.4) is 0 Å². The minimum Gasteiger partial charge on any atom is -0.454 e. The van der Waals surface area contributed by atoms with Gasteiger partial charge in [-0.3, -0.25) is 9.89 Å². The molecule has 0 fully saturated rings. The Morgan fingerprint density at radius 2 is 2.08 bits per heavy atom. The Hall–Kier alpha value is -2.50. The van der Waals surface area contributed by atoms with Crippen molar-refractivity contribution in [3.8, 4) is 11.5 Å². The molecule has 0 unspecified atom stereocenters. The van der Waals surface area contributed by atoms with E-state index in [2.05, 4.69) is 10.2 Å². The van der Waals surface area contributed by atoms with Crippen LogP contribution >= 0.6 is 0 Å². The molecule has 126 valence electrons. The van der Waals surface area contributed by atoms with Gasteiger partial charge in [0.05, 0.1) is 18.7 Å². The SMILES string of the molecule is CN(Cc1n[nH]c2c1CCCC2)C(=O)Cc1ccc2c(c1)OCO2. The van der Waals surface area contributed by atoms with Crippen LogP contribution in [0.2, 0.25) is 0 Å². The van der Waals surface area contributed by atoms with Crippen LogP contribution < -0.4 is 9.47 Å². The van der Waals surface area contributed by atoms with Crippen molar-refractivity contribution in [3.63, 3.8) is 0 Å². The molecule has 0 saturated carbocycles. The van der Waals surface area contributed by atoms with Crippen LogP contribution in [0, 0.1) is 0 Å². The summed E-state index contributed by atoms with van der Waals surface area (Å²) >= 11 is 0. The number of amides is 1. The van der Waals surface area contributed by atoms with Crippen LogP contribution in [-0.2, 0) is 30.6 Å². The number of aryl methyl sites for hydroxylation is 1. The summed E-state index contributed by atoms with van der Waals surface area (Å²) in [5.74, 6) is 1.52. The van der Waals surface area contributed by atoms with Crippen LogP contribution in [0.15, 0.2) is 18.2 Å². The second-order valence-electron chi connectivity index (χ2n) is 6.45. The van der Waals surface area contributed by atoms with Gasteiger partial charge >= 0.3 is 0 Å². The quantitative estimate of drug-likeness (QED) is 0.935. The lowest BCUT2D eigenvalue weighted by molar-refractivity contribution is -0.129. The van der Waals surface area contributed by atoms with Gasteiger partial charge in [-0.25, -0.2) is 0 Å². The first-order valence-corrected chi connectivity index (χ1v) is 8.38. The fourth-order valence-corrected chi connectivity index (χ4v) is 3.35. The van der Waals surface area contributed by atoms with Gasteiger partial charge < -0.3 is 14.4 Å². The van der Waals surface area contributed by atoms with Crippen LogP contribution in [-0.4, -0.2) is 34.8 Å². The highest BCUT2D eigenvalue weighted by atomic mass is 16.7. The molecule has 1 aliphatic heterocycles. The first-order chi connectivity index (χ1) is 11.7. The summed E-state index contributed by atoms with van der Waals surface area (Å²) in [4.78, 5) is 14.3. The highest BCUT2D eigenvalue weighted by molar-refractivity contribution is 5.78. The molecular weight excluding hydrogens is 306 g/mol. The maximum atomic E-state index is 12.5. The Morgan fingerprint density at radius 1 is 1.25 bits per heavy atom. The largest absolute Gasteiger partial charge is 0.454 e. The number of likely N-dealkylation sites (N-methyl/N-ethyl adjacent to an activating group) is 1. The van der Waals surface area contributed by atoms with E-state index in [-0.39, 0.29) is 12.7 Å². The number of benzene rings is 1. The molecule has 24 heavy (non-hydrogen) atoms. The number of rotatable bonds is 4. The molecule has 1 aromatic carbocycles. The average molecular weight is 327 g/mol. The molecule has 6 heteroatoms. The van der Waals surface area contributed by atoms with Crippen LogP contribution in [0.25, 0.3) is 0 Å². The number of H-pyrrole nitrogens is 1. The summed E-state index contributed by atoms with van der Waals surface area (Å²) in [7, 11) is 1.83. The van der Waals surface area contributed by atoms with E-state index >= 15 is 0 Å². The maximum absolute atomic E-state index is 12.5. The van der Waals surface area contributed by atoms with Gasteiger partial charge in [-0.1, -0.05) is 6.07 Å². The highest BCUT2D eigenvalue weighted by Crippen LogP contribution is 2.32. The predicted octanol–water partition coefficient (Wildman–Crippen LogP) is 2.22. The summed E-state index contributed by atoms with van der Waals surface area (Å²) in [6.45, 7) is 0.798. The molecule has 0 atom stereocenters. The molecule has 1 aliphatic carbocycles. The molecule has 0 saturated heterocycles. The van der Waals surface area contributed by atoms with Crippen molar-refractivity contribution >= 4 is 5.91 Å². The van der Waals surface area contributed by atoms with Crippen LogP contribution in [0.1, 0.15) is 35.4 Å². The van der Waals surface area contributed by atoms with Crippen molar-refractivity contribution < 1.29 is 14.3 Å². The van der Waals surface area contributed by atoms with E-state index in [1.165, 1.54) is 24.1 Å². The van der Waals surface area contributed by atoms with Gasteiger partial charge in [0.2, 0.25) is 12.7 Å². The fraction of sp³-hybridized carbons (Fsp3) is 0.444. The third-order valence-electron chi connectivity index (χ3n) is 4.75. The molecule has 2 heterocycles. The second-order valence-corrected chi connectivity index (χ2v) is 6.45. The number of aromatic amines is 1. The number of nitrogens with one attached hydrogen (secondary N) is 1. The molecule has 1 N–H and O–H groups in total. The summed E-state index contributed by atoms with van der Waals surface area (Å²) in [6, 6.07) is 5.65. The molecule has 2 aliphatic rings. The van der Waals surface area contributed by atoms with Crippen molar-refractivity contribution in [2.45, 2.75) is 38.6 Å². The Balaban J connectivity index is 1.42. The Morgan fingerprint density at radius 3 is 3.00 bits per heavy atom. The first kappa shape index (κ1) is 15.1. The molecule has 1 aromatic heterocycles. The van der Waals surface area contributed by atoms with Gasteiger partial charge in [0.15, 0.2) is 11.5 Å². The molecule has 2 aromatic rings. The fourth-order valence-electron chi connectivity index (χ4n) is 3.35. The number of ether oxygens (including phenoxy) is 2. The molecule has 0 bridgehead atoms. The van der Waals surface area contributed by atoms with Crippen molar-refractivity contribution in [2.24, 2.45) is 0 Å². The number of aromatic nitrogens is 2. The second kappa shape index (κ2) is 6.19. The number of carbonyl (C=O) groups excluding carboxylic acids is 1. The van der Waals surface area contributed by atoms with Gasteiger partial charge in [-0.05, 0) is 48.9 Å². The minimum absolute atomic E-state index is 0.0708. The maximum Gasteiger partial charge on any atom is 0.231 e. The van der Waals surface area contributed by atoms with E-state index < -0.39 is 0 Å². The summed E-state index contributed by atoms with van der Waals surface area (Å²) in [5, 5.41) is 7.55. The number of carbonyl (C=O) groups is 1. The lowest BCUT2D eigenvalue weighted by atomic mass is 9.96. The molecular formula is C18H21N3O3. The van der Waals surface area contributed by atoms with Gasteiger partial charge in [-0.15, -0.1) is 0 Å². The molecule has 0 spiro atoms. The summed E-state index contributed by atoms with van der Waals surface area (Å²) in [6.07, 6.45) is 4.89. The number of fused-ring (bicyclic) bond motifs is 2. The van der Waals surface area contributed by atoms with Gasteiger partial charge in [-0.2, -0.15) is 5.10 Å². The zero-order valence-corrected chi connectivity index (χ0v) is 13.8. The van der Waals surface area contributed by atoms with E-state index in [1.807, 2.05) is 25.2 Å². The zero-order valence-electron chi connectivity index (χ0n) is 13.8. The van der Waals surface area contributed by atoms with E-state index in [0.29, 0.717) is 18.7 Å². The normalized spacial score (nSPS) is 15.2. The van der Waals surface area contributed by atoms with Crippen molar-refractivity contribution in [3.05, 3.63) is 40.7 Å². The van der Waals surface area contributed by atoms with E-state index in [4.69, 9.17) is 9.47 Å². The van der Waals surface area contributed by atoms with Crippen molar-refractivity contribution in [2.75, 3.05) is 13.8 Å². The number of hydrogen-bond donors (Lipinski definition) is 1. The van der Waals surface area contributed by atoms with Crippen molar-refractivity contribution in [1.29, 1.82) is 0 Å². The highest BCUT2D eigenvalue weighted by Gasteiger charge is 2.20. The predicted molar refractivity (Wildman–Crippen MR) is 88.0 cm³/mol. The average Bonchev–Trinajstić information content (AvgIpc) is 3.21. The Kier molecular flexibility index (Phi) is 3.88. The molecule has 1 amide bonds. The summed E-state index contributed by atoms with van der Waals surface area (Å²) < 4.78 is 10.7. The number of nitrogens with zero attached hydrogens (tertiary/aromatic N) is 2. The molecule has 0 radical (unpaired) electrons. The van der Waals surface area contributed by atoms with Crippen LogP contribution in [0.5, 0.6) is 11.5 Å². The molecule has 6 nitrogen and oxygen atoms in total.